The van der Waals surface area contributed by atoms with Crippen LogP contribution in [0.4, 0.5) is 5.82 Å². The Morgan fingerprint density at radius 2 is 2.12 bits per heavy atom. The third kappa shape index (κ3) is 3.66. The Balaban J connectivity index is 1.84. The summed E-state index contributed by atoms with van der Waals surface area (Å²) in [5.41, 5.74) is 6.84. The minimum Gasteiger partial charge on any atom is -0.369 e. The Morgan fingerprint density at radius 1 is 1.35 bits per heavy atom. The molecule has 1 heterocycles. The molecule has 17 heavy (non-hydrogen) atoms. The van der Waals surface area contributed by atoms with Gasteiger partial charge in [0.2, 0.25) is 0 Å². The summed E-state index contributed by atoms with van der Waals surface area (Å²) < 4.78 is 0. The molecule has 0 amide bonds. The van der Waals surface area contributed by atoms with Crippen molar-refractivity contribution in [2.45, 2.75) is 51.0 Å². The van der Waals surface area contributed by atoms with Crippen LogP contribution in [-0.2, 0) is 0 Å². The molecule has 2 rings (SSSR count). The molecule has 0 bridgehead atoms. The molecule has 1 aliphatic rings. The molecular formula is C13H22N4. The Labute approximate surface area is 103 Å². The second-order valence-electron chi connectivity index (χ2n) is 5.02. The highest BCUT2D eigenvalue weighted by molar-refractivity contribution is 5.33. The molecule has 0 spiro atoms. The van der Waals surface area contributed by atoms with Crippen molar-refractivity contribution in [1.29, 1.82) is 0 Å². The molecule has 0 radical (unpaired) electrons. The van der Waals surface area contributed by atoms with Gasteiger partial charge in [-0.3, -0.25) is 0 Å². The van der Waals surface area contributed by atoms with Crippen molar-refractivity contribution >= 4 is 5.82 Å². The fourth-order valence-corrected chi connectivity index (χ4v) is 2.30. The SMILES string of the molecule is CC(N)CCNc1ccc(C2CCCC2)nn1. The Kier molecular flexibility index (Phi) is 4.31. The van der Waals surface area contributed by atoms with Gasteiger partial charge in [0.25, 0.3) is 0 Å². The van der Waals surface area contributed by atoms with Crippen molar-refractivity contribution in [2.75, 3.05) is 11.9 Å². The lowest BCUT2D eigenvalue weighted by Crippen LogP contribution is -2.19. The summed E-state index contributed by atoms with van der Waals surface area (Å²) in [6.07, 6.45) is 6.16. The van der Waals surface area contributed by atoms with Gasteiger partial charge in [-0.05, 0) is 38.3 Å². The number of anilines is 1. The van der Waals surface area contributed by atoms with E-state index in [4.69, 9.17) is 5.73 Å². The van der Waals surface area contributed by atoms with Crippen molar-refractivity contribution in [3.8, 4) is 0 Å². The number of hydrogen-bond donors (Lipinski definition) is 2. The van der Waals surface area contributed by atoms with E-state index < -0.39 is 0 Å². The van der Waals surface area contributed by atoms with Crippen molar-refractivity contribution in [1.82, 2.24) is 10.2 Å². The predicted molar refractivity (Wildman–Crippen MR) is 70.0 cm³/mol. The number of hydrogen-bond acceptors (Lipinski definition) is 4. The molecule has 1 fully saturated rings. The molecule has 4 nitrogen and oxygen atoms in total. The van der Waals surface area contributed by atoms with Crippen LogP contribution in [0.25, 0.3) is 0 Å². The van der Waals surface area contributed by atoms with E-state index in [0.717, 1.165) is 24.5 Å². The third-order valence-electron chi connectivity index (χ3n) is 3.36. The van der Waals surface area contributed by atoms with E-state index >= 15 is 0 Å². The van der Waals surface area contributed by atoms with Crippen LogP contribution in [0.2, 0.25) is 0 Å². The molecule has 0 saturated heterocycles. The second kappa shape index (κ2) is 5.96. The van der Waals surface area contributed by atoms with E-state index in [0.29, 0.717) is 5.92 Å². The highest BCUT2D eigenvalue weighted by Gasteiger charge is 2.18. The molecule has 0 aromatic carbocycles. The maximum atomic E-state index is 5.69. The predicted octanol–water partition coefficient (Wildman–Crippen LogP) is 2.28. The first-order valence-electron chi connectivity index (χ1n) is 6.59. The molecule has 1 aliphatic carbocycles. The van der Waals surface area contributed by atoms with Crippen LogP contribution in [0.5, 0.6) is 0 Å². The maximum absolute atomic E-state index is 5.69. The molecule has 3 N–H and O–H groups in total. The number of aromatic nitrogens is 2. The van der Waals surface area contributed by atoms with E-state index in [1.54, 1.807) is 0 Å². The van der Waals surface area contributed by atoms with Crippen molar-refractivity contribution < 1.29 is 0 Å². The lowest BCUT2D eigenvalue weighted by molar-refractivity contribution is 0.675. The highest BCUT2D eigenvalue weighted by atomic mass is 15.2. The van der Waals surface area contributed by atoms with Gasteiger partial charge in [-0.15, -0.1) is 5.10 Å². The fourth-order valence-electron chi connectivity index (χ4n) is 2.30. The Bertz CT molecular complexity index is 328. The average molecular weight is 234 g/mol. The topological polar surface area (TPSA) is 63.8 Å². The van der Waals surface area contributed by atoms with Crippen molar-refractivity contribution in [3.63, 3.8) is 0 Å². The Hall–Kier alpha value is -1.16. The van der Waals surface area contributed by atoms with Gasteiger partial charge >= 0.3 is 0 Å². The molecule has 1 unspecified atom stereocenters. The monoisotopic (exact) mass is 234 g/mol. The summed E-state index contributed by atoms with van der Waals surface area (Å²) in [4.78, 5) is 0. The Morgan fingerprint density at radius 3 is 2.71 bits per heavy atom. The summed E-state index contributed by atoms with van der Waals surface area (Å²) >= 11 is 0. The number of nitrogens with one attached hydrogen (secondary N) is 1. The summed E-state index contributed by atoms with van der Waals surface area (Å²) in [5.74, 6) is 1.49. The van der Waals surface area contributed by atoms with Crippen molar-refractivity contribution in [3.05, 3.63) is 17.8 Å². The number of nitrogens with two attached hydrogens (primary N) is 1. The molecule has 1 atom stereocenters. The molecule has 94 valence electrons. The molecular weight excluding hydrogens is 212 g/mol. The van der Waals surface area contributed by atoms with Crippen LogP contribution in [0.15, 0.2) is 12.1 Å². The van der Waals surface area contributed by atoms with Gasteiger partial charge in [-0.1, -0.05) is 12.8 Å². The van der Waals surface area contributed by atoms with Crippen LogP contribution in [-0.4, -0.2) is 22.8 Å². The lowest BCUT2D eigenvalue weighted by atomic mass is 10.0. The first-order valence-corrected chi connectivity index (χ1v) is 6.59. The van der Waals surface area contributed by atoms with Crippen LogP contribution in [0, 0.1) is 0 Å². The van der Waals surface area contributed by atoms with Crippen LogP contribution < -0.4 is 11.1 Å². The minimum atomic E-state index is 0.230. The molecule has 1 aromatic rings. The zero-order valence-corrected chi connectivity index (χ0v) is 10.5. The minimum absolute atomic E-state index is 0.230. The summed E-state index contributed by atoms with van der Waals surface area (Å²) in [5, 5.41) is 11.8. The third-order valence-corrected chi connectivity index (χ3v) is 3.36. The molecule has 1 saturated carbocycles. The van der Waals surface area contributed by atoms with Gasteiger partial charge in [0.05, 0.1) is 5.69 Å². The van der Waals surface area contributed by atoms with Gasteiger partial charge in [-0.25, -0.2) is 0 Å². The standard InChI is InChI=1S/C13H22N4/c1-10(14)8-9-15-13-7-6-12(16-17-13)11-4-2-3-5-11/h6-7,10-11H,2-5,8-9,14H2,1H3,(H,15,17). The smallest absolute Gasteiger partial charge is 0.148 e. The van der Waals surface area contributed by atoms with E-state index in [1.807, 2.05) is 13.0 Å². The summed E-state index contributed by atoms with van der Waals surface area (Å²) in [6, 6.07) is 4.37. The summed E-state index contributed by atoms with van der Waals surface area (Å²) in [6.45, 7) is 2.87. The molecule has 1 aromatic heterocycles. The highest BCUT2D eigenvalue weighted by Crippen LogP contribution is 2.32. The van der Waals surface area contributed by atoms with Crippen LogP contribution in [0.1, 0.15) is 50.6 Å². The first kappa shape index (κ1) is 12.3. The van der Waals surface area contributed by atoms with Gasteiger partial charge in [0.1, 0.15) is 5.82 Å². The van der Waals surface area contributed by atoms with Gasteiger partial charge in [0, 0.05) is 18.5 Å². The normalized spacial score (nSPS) is 18.2. The maximum Gasteiger partial charge on any atom is 0.148 e. The first-order chi connectivity index (χ1) is 8.25. The van der Waals surface area contributed by atoms with Crippen LogP contribution >= 0.6 is 0 Å². The lowest BCUT2D eigenvalue weighted by Gasteiger charge is -2.09. The molecule has 4 heteroatoms. The number of rotatable bonds is 5. The van der Waals surface area contributed by atoms with E-state index in [9.17, 15) is 0 Å². The van der Waals surface area contributed by atoms with Crippen LogP contribution in [0.3, 0.4) is 0 Å². The summed E-state index contributed by atoms with van der Waals surface area (Å²) in [7, 11) is 0. The van der Waals surface area contributed by atoms with Gasteiger partial charge < -0.3 is 11.1 Å². The zero-order valence-electron chi connectivity index (χ0n) is 10.5. The van der Waals surface area contributed by atoms with E-state index in [1.165, 1.54) is 25.7 Å². The number of nitrogens with zero attached hydrogens (tertiary/aromatic N) is 2. The van der Waals surface area contributed by atoms with E-state index in [-0.39, 0.29) is 6.04 Å². The van der Waals surface area contributed by atoms with Gasteiger partial charge in [-0.2, -0.15) is 5.10 Å². The second-order valence-corrected chi connectivity index (χ2v) is 5.02. The largest absolute Gasteiger partial charge is 0.369 e. The van der Waals surface area contributed by atoms with Crippen molar-refractivity contribution in [2.24, 2.45) is 5.73 Å². The fraction of sp³-hybridized carbons (Fsp3) is 0.692. The average Bonchev–Trinajstić information content (AvgIpc) is 2.83. The van der Waals surface area contributed by atoms with Gasteiger partial charge in [0.15, 0.2) is 0 Å². The zero-order chi connectivity index (χ0) is 12.1. The van der Waals surface area contributed by atoms with E-state index in [2.05, 4.69) is 21.6 Å². The molecule has 0 aliphatic heterocycles. The quantitative estimate of drug-likeness (QED) is 0.820.